The highest BCUT2D eigenvalue weighted by molar-refractivity contribution is 14.1. The van der Waals surface area contributed by atoms with Gasteiger partial charge in [-0.3, -0.25) is 9.69 Å². The first kappa shape index (κ1) is 17.0. The van der Waals surface area contributed by atoms with Gasteiger partial charge in [0.25, 0.3) is 5.91 Å². The van der Waals surface area contributed by atoms with Gasteiger partial charge in [-0.1, -0.05) is 23.8 Å². The normalized spacial score (nSPS) is 18.0. The highest BCUT2D eigenvalue weighted by Crippen LogP contribution is 2.33. The van der Waals surface area contributed by atoms with Crippen LogP contribution in [0, 0.1) is 10.5 Å². The number of likely N-dealkylation sites (N-methyl/N-ethyl adjacent to an activating group) is 1. The fourth-order valence-electron chi connectivity index (χ4n) is 2.15. The maximum absolute atomic E-state index is 12.4. The van der Waals surface area contributed by atoms with Crippen molar-refractivity contribution in [1.82, 2.24) is 4.90 Å². The van der Waals surface area contributed by atoms with Gasteiger partial charge in [0, 0.05) is 7.05 Å². The van der Waals surface area contributed by atoms with Crippen LogP contribution in [0.3, 0.4) is 0 Å². The minimum absolute atomic E-state index is 0.0751. The summed E-state index contributed by atoms with van der Waals surface area (Å²) in [6, 6.07) is 13.1. The number of hydrogen-bond donors (Lipinski definition) is 1. The smallest absolute Gasteiger partial charge is 0.266 e. The Kier molecular flexibility index (Phi) is 4.96. The second-order valence-corrected chi connectivity index (χ2v) is 7.59. The third kappa shape index (κ3) is 3.64. The zero-order valence-corrected chi connectivity index (χ0v) is 16.1. The molecular formula is C18H15IN2O2S. The Morgan fingerprint density at radius 1 is 1.21 bits per heavy atom. The molecule has 122 valence electrons. The number of amides is 1. The second kappa shape index (κ2) is 6.98. The fraction of sp³-hybridized carbons (Fsp3) is 0.111. The van der Waals surface area contributed by atoms with Crippen LogP contribution < -0.4 is 0 Å². The molecule has 1 aliphatic rings. The monoisotopic (exact) mass is 450 g/mol. The predicted molar refractivity (Wildman–Crippen MR) is 107 cm³/mol. The minimum atomic E-state index is -0.0751. The lowest BCUT2D eigenvalue weighted by Crippen LogP contribution is -2.23. The van der Waals surface area contributed by atoms with Crippen LogP contribution >= 0.6 is 34.4 Å². The number of halogens is 1. The van der Waals surface area contributed by atoms with Gasteiger partial charge in [0.15, 0.2) is 5.17 Å². The molecule has 4 nitrogen and oxygen atoms in total. The highest BCUT2D eigenvalue weighted by Gasteiger charge is 2.30. The van der Waals surface area contributed by atoms with Gasteiger partial charge in [0.05, 0.1) is 14.2 Å². The molecule has 1 fully saturated rings. The van der Waals surface area contributed by atoms with Gasteiger partial charge in [-0.25, -0.2) is 4.99 Å². The van der Waals surface area contributed by atoms with Crippen LogP contribution in [0.1, 0.15) is 11.1 Å². The van der Waals surface area contributed by atoms with E-state index < -0.39 is 0 Å². The highest BCUT2D eigenvalue weighted by atomic mass is 127. The number of benzene rings is 2. The van der Waals surface area contributed by atoms with Crippen molar-refractivity contribution in [1.29, 1.82) is 0 Å². The summed E-state index contributed by atoms with van der Waals surface area (Å²) in [5, 5.41) is 10.3. The quantitative estimate of drug-likeness (QED) is 0.540. The molecule has 1 aliphatic heterocycles. The Morgan fingerprint density at radius 2 is 1.92 bits per heavy atom. The summed E-state index contributed by atoms with van der Waals surface area (Å²) in [6.07, 6.45) is 1.82. The zero-order valence-electron chi connectivity index (χ0n) is 13.2. The average Bonchev–Trinajstić information content (AvgIpc) is 2.81. The number of aryl methyl sites for hydroxylation is 1. The summed E-state index contributed by atoms with van der Waals surface area (Å²) in [5.41, 5.74) is 2.87. The maximum atomic E-state index is 12.4. The largest absolute Gasteiger partial charge is 0.507 e. The third-order valence-electron chi connectivity index (χ3n) is 3.53. The molecule has 0 unspecified atom stereocenters. The van der Waals surface area contributed by atoms with Gasteiger partial charge in [0.1, 0.15) is 5.75 Å². The fourth-order valence-corrected chi connectivity index (χ4v) is 3.67. The van der Waals surface area contributed by atoms with Gasteiger partial charge in [0.2, 0.25) is 0 Å². The van der Waals surface area contributed by atoms with Crippen LogP contribution in [0.4, 0.5) is 5.69 Å². The standard InChI is InChI=1S/C18H15IN2O2S/c1-11-3-6-13(7-4-11)20-18-21(2)17(23)16(24-18)10-12-5-8-15(22)14(19)9-12/h3-10,22H,1-2H3/b16-10-,20-18?. The number of carbonyl (C=O) groups excluding carboxylic acids is 1. The molecule has 2 aromatic rings. The Labute approximate surface area is 158 Å². The average molecular weight is 450 g/mol. The van der Waals surface area contributed by atoms with Crippen LogP contribution in [-0.4, -0.2) is 28.1 Å². The summed E-state index contributed by atoms with van der Waals surface area (Å²) >= 11 is 3.42. The number of carbonyl (C=O) groups is 1. The molecule has 0 aromatic heterocycles. The van der Waals surface area contributed by atoms with E-state index in [-0.39, 0.29) is 11.7 Å². The van der Waals surface area contributed by atoms with E-state index in [1.54, 1.807) is 24.1 Å². The van der Waals surface area contributed by atoms with Crippen molar-refractivity contribution >= 4 is 57.2 Å². The topological polar surface area (TPSA) is 52.9 Å². The Bertz CT molecular complexity index is 860. The van der Waals surface area contributed by atoms with Gasteiger partial charge in [-0.2, -0.15) is 0 Å². The first-order chi connectivity index (χ1) is 11.4. The summed E-state index contributed by atoms with van der Waals surface area (Å²) < 4.78 is 0.749. The SMILES string of the molecule is Cc1ccc(N=C2S/C(=C\c3ccc(O)c(I)c3)C(=O)N2C)cc1. The zero-order chi connectivity index (χ0) is 17.3. The molecule has 1 N–H and O–H groups in total. The van der Waals surface area contributed by atoms with Crippen molar-refractivity contribution in [2.75, 3.05) is 7.05 Å². The van der Waals surface area contributed by atoms with Gasteiger partial charge in [-0.05, 0) is 77.2 Å². The summed E-state index contributed by atoms with van der Waals surface area (Å²) in [7, 11) is 1.73. The molecule has 1 saturated heterocycles. The number of phenolic OH excluding ortho intramolecular Hbond substituents is 1. The van der Waals surface area contributed by atoms with E-state index >= 15 is 0 Å². The molecule has 0 saturated carbocycles. The van der Waals surface area contributed by atoms with E-state index in [1.807, 2.05) is 43.3 Å². The van der Waals surface area contributed by atoms with Crippen molar-refractivity contribution in [3.8, 4) is 5.75 Å². The summed E-state index contributed by atoms with van der Waals surface area (Å²) in [4.78, 5) is 19.2. The van der Waals surface area contributed by atoms with E-state index in [2.05, 4.69) is 27.6 Å². The first-order valence-electron chi connectivity index (χ1n) is 7.25. The molecule has 0 radical (unpaired) electrons. The van der Waals surface area contributed by atoms with Crippen molar-refractivity contribution in [3.63, 3.8) is 0 Å². The van der Waals surface area contributed by atoms with E-state index in [0.29, 0.717) is 10.1 Å². The molecular weight excluding hydrogens is 435 g/mol. The number of aromatic hydroxyl groups is 1. The Morgan fingerprint density at radius 3 is 2.58 bits per heavy atom. The number of hydrogen-bond acceptors (Lipinski definition) is 4. The van der Waals surface area contributed by atoms with Crippen molar-refractivity contribution in [3.05, 3.63) is 62.1 Å². The van der Waals surface area contributed by atoms with E-state index in [9.17, 15) is 9.90 Å². The minimum Gasteiger partial charge on any atom is -0.507 e. The molecule has 0 bridgehead atoms. The lowest BCUT2D eigenvalue weighted by atomic mass is 10.2. The van der Waals surface area contributed by atoms with Crippen LogP contribution in [0.15, 0.2) is 52.4 Å². The molecule has 1 heterocycles. The molecule has 24 heavy (non-hydrogen) atoms. The lowest BCUT2D eigenvalue weighted by molar-refractivity contribution is -0.121. The predicted octanol–water partition coefficient (Wildman–Crippen LogP) is 4.54. The van der Waals surface area contributed by atoms with Crippen molar-refractivity contribution in [2.45, 2.75) is 6.92 Å². The summed E-state index contributed by atoms with van der Waals surface area (Å²) in [6.45, 7) is 2.02. The van der Waals surface area contributed by atoms with Crippen LogP contribution in [0.5, 0.6) is 5.75 Å². The van der Waals surface area contributed by atoms with E-state index in [0.717, 1.165) is 14.8 Å². The number of nitrogens with zero attached hydrogens (tertiary/aromatic N) is 2. The van der Waals surface area contributed by atoms with Crippen molar-refractivity contribution in [2.24, 2.45) is 4.99 Å². The number of amidine groups is 1. The van der Waals surface area contributed by atoms with Gasteiger partial charge in [-0.15, -0.1) is 0 Å². The number of phenols is 1. The maximum Gasteiger partial charge on any atom is 0.266 e. The first-order valence-corrected chi connectivity index (χ1v) is 9.15. The lowest BCUT2D eigenvalue weighted by Gasteiger charge is -2.07. The second-order valence-electron chi connectivity index (χ2n) is 5.42. The summed E-state index contributed by atoms with van der Waals surface area (Å²) in [5.74, 6) is 0.163. The van der Waals surface area contributed by atoms with Crippen LogP contribution in [0.25, 0.3) is 6.08 Å². The van der Waals surface area contributed by atoms with Crippen molar-refractivity contribution < 1.29 is 9.90 Å². The third-order valence-corrected chi connectivity index (χ3v) is 5.46. The molecule has 0 spiro atoms. The number of aliphatic imine (C=N–C) groups is 1. The van der Waals surface area contributed by atoms with Crippen LogP contribution in [0.2, 0.25) is 0 Å². The molecule has 1 amide bonds. The Balaban J connectivity index is 1.89. The molecule has 3 rings (SSSR count). The molecule has 0 atom stereocenters. The van der Waals surface area contributed by atoms with Crippen LogP contribution in [-0.2, 0) is 4.79 Å². The van der Waals surface area contributed by atoms with Gasteiger partial charge >= 0.3 is 0 Å². The van der Waals surface area contributed by atoms with Gasteiger partial charge < -0.3 is 5.11 Å². The number of thioether (sulfide) groups is 1. The van der Waals surface area contributed by atoms with E-state index in [4.69, 9.17) is 0 Å². The number of rotatable bonds is 2. The molecule has 6 heteroatoms. The molecule has 2 aromatic carbocycles. The van der Waals surface area contributed by atoms with E-state index in [1.165, 1.54) is 17.3 Å². The molecule has 0 aliphatic carbocycles. The Hall–Kier alpha value is -1.80.